The third-order valence-electron chi connectivity index (χ3n) is 5.29. The molecule has 2 aliphatic rings. The summed E-state index contributed by atoms with van der Waals surface area (Å²) in [6.07, 6.45) is 10.8. The van der Waals surface area contributed by atoms with E-state index < -0.39 is 0 Å². The van der Waals surface area contributed by atoms with Gasteiger partial charge in [0.1, 0.15) is 12.1 Å². The van der Waals surface area contributed by atoms with Crippen molar-refractivity contribution in [3.8, 4) is 0 Å². The molecule has 0 amide bonds. The highest BCUT2D eigenvalue weighted by atomic mass is 79.9. The molecule has 0 spiro atoms. The van der Waals surface area contributed by atoms with Crippen LogP contribution in [0.15, 0.2) is 10.8 Å². The van der Waals surface area contributed by atoms with Crippen molar-refractivity contribution >= 4 is 21.7 Å². The number of anilines is 1. The van der Waals surface area contributed by atoms with E-state index in [2.05, 4.69) is 45.1 Å². The standard InChI is InChI=1S/C16H24BrN3/c1-3-13-14(17)15(19-10-18-13)20-12-6-4-11(5-7-12)16(2)8-9-16/h10-12H,3-9H2,1-2H3,(H,18,19,20). The molecule has 2 saturated carbocycles. The zero-order valence-electron chi connectivity index (χ0n) is 12.5. The molecule has 2 fully saturated rings. The molecule has 110 valence electrons. The van der Waals surface area contributed by atoms with Gasteiger partial charge in [0.15, 0.2) is 0 Å². The van der Waals surface area contributed by atoms with Crippen molar-refractivity contribution in [2.45, 2.75) is 64.8 Å². The minimum atomic E-state index is 0.574. The van der Waals surface area contributed by atoms with Crippen LogP contribution in [0.2, 0.25) is 0 Å². The van der Waals surface area contributed by atoms with E-state index in [9.17, 15) is 0 Å². The second-order valence-electron chi connectivity index (χ2n) is 6.68. The fraction of sp³-hybridized carbons (Fsp3) is 0.750. The SMILES string of the molecule is CCc1ncnc(NC2CCC(C3(C)CC3)CC2)c1Br. The molecule has 1 N–H and O–H groups in total. The molecule has 4 heteroatoms. The molecule has 0 unspecified atom stereocenters. The third kappa shape index (κ3) is 2.85. The van der Waals surface area contributed by atoms with Gasteiger partial charge in [-0.1, -0.05) is 13.8 Å². The van der Waals surface area contributed by atoms with Gasteiger partial charge in [0.2, 0.25) is 0 Å². The summed E-state index contributed by atoms with van der Waals surface area (Å²) in [6.45, 7) is 4.60. The van der Waals surface area contributed by atoms with Crippen LogP contribution in [0.3, 0.4) is 0 Å². The Labute approximate surface area is 130 Å². The summed E-state index contributed by atoms with van der Waals surface area (Å²) in [5, 5.41) is 3.62. The van der Waals surface area contributed by atoms with Gasteiger partial charge in [-0.05, 0) is 72.2 Å². The molecular weight excluding hydrogens is 314 g/mol. The van der Waals surface area contributed by atoms with Gasteiger partial charge in [-0.25, -0.2) is 9.97 Å². The smallest absolute Gasteiger partial charge is 0.144 e. The maximum atomic E-state index is 4.39. The molecule has 0 bridgehead atoms. The Bertz CT molecular complexity index is 477. The molecule has 0 saturated heterocycles. The molecule has 3 nitrogen and oxygen atoms in total. The number of halogens is 1. The van der Waals surface area contributed by atoms with Crippen molar-refractivity contribution < 1.29 is 0 Å². The molecule has 2 aliphatic carbocycles. The Balaban J connectivity index is 1.59. The van der Waals surface area contributed by atoms with Gasteiger partial charge in [-0.3, -0.25) is 0 Å². The maximum absolute atomic E-state index is 4.39. The minimum absolute atomic E-state index is 0.574. The van der Waals surface area contributed by atoms with E-state index in [1.807, 2.05) is 0 Å². The molecule has 0 aliphatic heterocycles. The molecule has 0 radical (unpaired) electrons. The van der Waals surface area contributed by atoms with Crippen LogP contribution in [-0.4, -0.2) is 16.0 Å². The van der Waals surface area contributed by atoms with Crippen LogP contribution in [0.5, 0.6) is 0 Å². The van der Waals surface area contributed by atoms with Crippen LogP contribution in [0.1, 0.15) is 58.1 Å². The highest BCUT2D eigenvalue weighted by molar-refractivity contribution is 9.10. The van der Waals surface area contributed by atoms with E-state index >= 15 is 0 Å². The van der Waals surface area contributed by atoms with Gasteiger partial charge >= 0.3 is 0 Å². The van der Waals surface area contributed by atoms with Crippen molar-refractivity contribution in [1.82, 2.24) is 9.97 Å². The fourth-order valence-corrected chi connectivity index (χ4v) is 4.09. The predicted octanol–water partition coefficient (Wildman–Crippen LogP) is 4.57. The van der Waals surface area contributed by atoms with Gasteiger partial charge in [0.05, 0.1) is 10.2 Å². The highest BCUT2D eigenvalue weighted by Crippen LogP contribution is 2.55. The fourth-order valence-electron chi connectivity index (χ4n) is 3.49. The van der Waals surface area contributed by atoms with Crippen LogP contribution in [0.4, 0.5) is 5.82 Å². The lowest BCUT2D eigenvalue weighted by Gasteiger charge is -2.33. The number of aromatic nitrogens is 2. The molecule has 3 rings (SSSR count). The molecule has 0 atom stereocenters. The Kier molecular flexibility index (Phi) is 4.02. The summed E-state index contributed by atoms with van der Waals surface area (Å²) in [6, 6.07) is 0.574. The highest BCUT2D eigenvalue weighted by Gasteiger charge is 2.45. The lowest BCUT2D eigenvalue weighted by molar-refractivity contribution is 0.235. The van der Waals surface area contributed by atoms with E-state index in [4.69, 9.17) is 0 Å². The van der Waals surface area contributed by atoms with Crippen LogP contribution in [0.25, 0.3) is 0 Å². The van der Waals surface area contributed by atoms with Gasteiger partial charge in [-0.15, -0.1) is 0 Å². The van der Waals surface area contributed by atoms with Crippen LogP contribution >= 0.6 is 15.9 Å². The zero-order chi connectivity index (χ0) is 14.2. The quantitative estimate of drug-likeness (QED) is 0.874. The van der Waals surface area contributed by atoms with Gasteiger partial charge in [0.25, 0.3) is 0 Å². The normalized spacial score (nSPS) is 28.1. The summed E-state index contributed by atoms with van der Waals surface area (Å²) in [4.78, 5) is 8.70. The molecular formula is C16H24BrN3. The van der Waals surface area contributed by atoms with E-state index in [-0.39, 0.29) is 0 Å². The molecule has 20 heavy (non-hydrogen) atoms. The van der Waals surface area contributed by atoms with E-state index in [0.717, 1.165) is 28.3 Å². The number of rotatable bonds is 4. The monoisotopic (exact) mass is 337 g/mol. The number of aryl methyl sites for hydroxylation is 1. The van der Waals surface area contributed by atoms with Crippen molar-refractivity contribution in [3.05, 3.63) is 16.5 Å². The molecule has 1 heterocycles. The summed E-state index contributed by atoms with van der Waals surface area (Å²) >= 11 is 3.63. The molecule has 0 aromatic carbocycles. The topological polar surface area (TPSA) is 37.8 Å². The molecule has 1 aromatic rings. The average Bonchev–Trinajstić information content (AvgIpc) is 3.21. The first-order valence-corrected chi connectivity index (χ1v) is 8.67. The van der Waals surface area contributed by atoms with E-state index in [1.165, 1.54) is 38.5 Å². The first-order valence-electron chi connectivity index (χ1n) is 7.88. The summed E-state index contributed by atoms with van der Waals surface area (Å²) in [5.41, 5.74) is 1.78. The number of hydrogen-bond acceptors (Lipinski definition) is 3. The van der Waals surface area contributed by atoms with Gasteiger partial charge < -0.3 is 5.32 Å². The molecule has 1 aromatic heterocycles. The average molecular weight is 338 g/mol. The van der Waals surface area contributed by atoms with Crippen molar-refractivity contribution in [1.29, 1.82) is 0 Å². The van der Waals surface area contributed by atoms with Crippen molar-refractivity contribution in [3.63, 3.8) is 0 Å². The number of nitrogens with zero attached hydrogens (tertiary/aromatic N) is 2. The Hall–Kier alpha value is -0.640. The number of hydrogen-bond donors (Lipinski definition) is 1. The first kappa shape index (κ1) is 14.3. The Morgan fingerprint density at radius 1 is 1.25 bits per heavy atom. The van der Waals surface area contributed by atoms with Crippen LogP contribution in [-0.2, 0) is 6.42 Å². The summed E-state index contributed by atoms with van der Waals surface area (Å²) in [7, 11) is 0. The van der Waals surface area contributed by atoms with Crippen molar-refractivity contribution in [2.24, 2.45) is 11.3 Å². The van der Waals surface area contributed by atoms with E-state index in [0.29, 0.717) is 11.5 Å². The first-order chi connectivity index (χ1) is 9.62. The summed E-state index contributed by atoms with van der Waals surface area (Å²) < 4.78 is 1.04. The van der Waals surface area contributed by atoms with Crippen LogP contribution in [0, 0.1) is 11.3 Å². The zero-order valence-corrected chi connectivity index (χ0v) is 14.0. The van der Waals surface area contributed by atoms with Crippen molar-refractivity contribution in [2.75, 3.05) is 5.32 Å². The second-order valence-corrected chi connectivity index (χ2v) is 7.48. The lowest BCUT2D eigenvalue weighted by Crippen LogP contribution is -2.29. The predicted molar refractivity (Wildman–Crippen MR) is 85.8 cm³/mol. The Morgan fingerprint density at radius 3 is 2.55 bits per heavy atom. The summed E-state index contributed by atoms with van der Waals surface area (Å²) in [5.74, 6) is 1.93. The maximum Gasteiger partial charge on any atom is 0.144 e. The third-order valence-corrected chi connectivity index (χ3v) is 6.12. The van der Waals surface area contributed by atoms with Gasteiger partial charge in [-0.2, -0.15) is 0 Å². The van der Waals surface area contributed by atoms with Gasteiger partial charge in [0, 0.05) is 6.04 Å². The number of nitrogens with one attached hydrogen (secondary N) is 1. The van der Waals surface area contributed by atoms with Crippen LogP contribution < -0.4 is 5.32 Å². The minimum Gasteiger partial charge on any atom is -0.366 e. The Morgan fingerprint density at radius 2 is 1.95 bits per heavy atom. The lowest BCUT2D eigenvalue weighted by atomic mass is 9.77. The van der Waals surface area contributed by atoms with E-state index in [1.54, 1.807) is 6.33 Å². The second kappa shape index (κ2) is 5.63. The largest absolute Gasteiger partial charge is 0.366 e.